The maximum absolute atomic E-state index is 12.0. The number of amides is 2. The molecule has 22 heavy (non-hydrogen) atoms. The first kappa shape index (κ1) is 16.0. The Morgan fingerprint density at radius 2 is 2.18 bits per heavy atom. The number of halogens is 1. The van der Waals surface area contributed by atoms with Gasteiger partial charge in [0.25, 0.3) is 5.91 Å². The second kappa shape index (κ2) is 7.09. The first-order valence-electron chi connectivity index (χ1n) is 6.71. The highest BCUT2D eigenvalue weighted by atomic mass is 35.5. The van der Waals surface area contributed by atoms with Gasteiger partial charge in [0.2, 0.25) is 5.91 Å². The molecule has 0 fully saturated rings. The van der Waals surface area contributed by atoms with Crippen LogP contribution in [0.4, 0.5) is 0 Å². The van der Waals surface area contributed by atoms with Gasteiger partial charge in [0.15, 0.2) is 0 Å². The van der Waals surface area contributed by atoms with Gasteiger partial charge in [-0.1, -0.05) is 17.7 Å². The van der Waals surface area contributed by atoms with Crippen LogP contribution in [0, 0.1) is 0 Å². The lowest BCUT2D eigenvalue weighted by Crippen LogP contribution is -2.37. The third-order valence-corrected chi connectivity index (χ3v) is 3.33. The zero-order chi connectivity index (χ0) is 16.1. The minimum atomic E-state index is -0.328. The van der Waals surface area contributed by atoms with Crippen molar-refractivity contribution in [2.45, 2.75) is 6.54 Å². The number of aryl methyl sites for hydroxylation is 1. The molecule has 0 saturated carbocycles. The SMILES string of the molecule is CN(Cc1cnn(C)c1)C(=O)CNC(=O)c1cccc(Cl)c1. The predicted molar refractivity (Wildman–Crippen MR) is 83.5 cm³/mol. The highest BCUT2D eigenvalue weighted by Crippen LogP contribution is 2.10. The molecule has 0 radical (unpaired) electrons. The van der Waals surface area contributed by atoms with Crippen LogP contribution in [0.5, 0.6) is 0 Å². The van der Waals surface area contributed by atoms with Gasteiger partial charge < -0.3 is 10.2 Å². The average molecular weight is 321 g/mol. The first-order chi connectivity index (χ1) is 10.5. The van der Waals surface area contributed by atoms with Crippen LogP contribution in [0.1, 0.15) is 15.9 Å². The molecule has 0 aliphatic carbocycles. The topological polar surface area (TPSA) is 67.2 Å². The van der Waals surface area contributed by atoms with Crippen LogP contribution >= 0.6 is 11.6 Å². The van der Waals surface area contributed by atoms with Crippen molar-refractivity contribution in [1.82, 2.24) is 20.0 Å². The van der Waals surface area contributed by atoms with Crippen molar-refractivity contribution in [3.8, 4) is 0 Å². The van der Waals surface area contributed by atoms with Gasteiger partial charge >= 0.3 is 0 Å². The molecule has 0 unspecified atom stereocenters. The molecule has 1 heterocycles. The van der Waals surface area contributed by atoms with E-state index in [1.54, 1.807) is 42.2 Å². The van der Waals surface area contributed by atoms with Crippen molar-refractivity contribution in [2.75, 3.05) is 13.6 Å². The Morgan fingerprint density at radius 3 is 2.82 bits per heavy atom. The highest BCUT2D eigenvalue weighted by Gasteiger charge is 2.12. The lowest BCUT2D eigenvalue weighted by atomic mass is 10.2. The van der Waals surface area contributed by atoms with Crippen LogP contribution in [0.3, 0.4) is 0 Å². The van der Waals surface area contributed by atoms with Crippen LogP contribution in [-0.2, 0) is 18.4 Å². The van der Waals surface area contributed by atoms with Crippen LogP contribution in [-0.4, -0.2) is 40.1 Å². The molecular formula is C15H17ClN4O2. The number of hydrogen-bond donors (Lipinski definition) is 1. The summed E-state index contributed by atoms with van der Waals surface area (Å²) in [7, 11) is 3.50. The molecule has 1 aromatic carbocycles. The van der Waals surface area contributed by atoms with Crippen molar-refractivity contribution >= 4 is 23.4 Å². The first-order valence-corrected chi connectivity index (χ1v) is 7.09. The van der Waals surface area contributed by atoms with Gasteiger partial charge in [-0.2, -0.15) is 5.10 Å². The van der Waals surface area contributed by atoms with E-state index in [1.807, 2.05) is 13.2 Å². The Kier molecular flexibility index (Phi) is 5.16. The predicted octanol–water partition coefficient (Wildman–Crippen LogP) is 1.46. The number of benzene rings is 1. The maximum Gasteiger partial charge on any atom is 0.251 e. The molecular weight excluding hydrogens is 304 g/mol. The summed E-state index contributed by atoms with van der Waals surface area (Å²) in [5.41, 5.74) is 1.36. The summed E-state index contributed by atoms with van der Waals surface area (Å²) in [5, 5.41) is 7.12. The molecule has 7 heteroatoms. The number of nitrogens with one attached hydrogen (secondary N) is 1. The fraction of sp³-hybridized carbons (Fsp3) is 0.267. The molecule has 0 atom stereocenters. The number of nitrogens with zero attached hydrogens (tertiary/aromatic N) is 3. The van der Waals surface area contributed by atoms with E-state index in [0.717, 1.165) is 5.56 Å². The van der Waals surface area contributed by atoms with Gasteiger partial charge in [-0.15, -0.1) is 0 Å². The summed E-state index contributed by atoms with van der Waals surface area (Å²) in [6.45, 7) is 0.377. The quantitative estimate of drug-likeness (QED) is 0.907. The van der Waals surface area contributed by atoms with E-state index in [-0.39, 0.29) is 18.4 Å². The van der Waals surface area contributed by atoms with E-state index in [9.17, 15) is 9.59 Å². The molecule has 0 bridgehead atoms. The molecule has 1 aromatic heterocycles. The number of rotatable bonds is 5. The molecule has 116 valence electrons. The molecule has 0 saturated heterocycles. The van der Waals surface area contributed by atoms with E-state index in [0.29, 0.717) is 17.1 Å². The molecule has 2 rings (SSSR count). The maximum atomic E-state index is 12.0. The third-order valence-electron chi connectivity index (χ3n) is 3.09. The smallest absolute Gasteiger partial charge is 0.251 e. The summed E-state index contributed by atoms with van der Waals surface area (Å²) >= 11 is 5.83. The minimum Gasteiger partial charge on any atom is -0.343 e. The zero-order valence-corrected chi connectivity index (χ0v) is 13.2. The van der Waals surface area contributed by atoms with Gasteiger partial charge in [-0.05, 0) is 18.2 Å². The number of carbonyl (C=O) groups is 2. The minimum absolute atomic E-state index is 0.0674. The van der Waals surface area contributed by atoms with Gasteiger partial charge in [-0.25, -0.2) is 0 Å². The summed E-state index contributed by atoms with van der Waals surface area (Å²) in [5.74, 6) is -0.509. The van der Waals surface area contributed by atoms with Gasteiger partial charge in [0.1, 0.15) is 0 Å². The average Bonchev–Trinajstić information content (AvgIpc) is 2.89. The number of aromatic nitrogens is 2. The fourth-order valence-electron chi connectivity index (χ4n) is 1.94. The summed E-state index contributed by atoms with van der Waals surface area (Å²) in [6.07, 6.45) is 3.54. The molecule has 6 nitrogen and oxygen atoms in total. The second-order valence-electron chi connectivity index (χ2n) is 4.97. The van der Waals surface area contributed by atoms with Crippen molar-refractivity contribution in [3.05, 3.63) is 52.8 Å². The van der Waals surface area contributed by atoms with E-state index in [1.165, 1.54) is 4.90 Å². The normalized spacial score (nSPS) is 10.3. The van der Waals surface area contributed by atoms with Gasteiger partial charge in [0, 0.05) is 43.0 Å². The largest absolute Gasteiger partial charge is 0.343 e. The Labute approximate surface area is 133 Å². The van der Waals surface area contributed by atoms with Crippen molar-refractivity contribution in [2.24, 2.45) is 7.05 Å². The lowest BCUT2D eigenvalue weighted by molar-refractivity contribution is -0.129. The van der Waals surface area contributed by atoms with Gasteiger partial charge in [-0.3, -0.25) is 14.3 Å². The van der Waals surface area contributed by atoms with Crippen LogP contribution in [0.15, 0.2) is 36.7 Å². The molecule has 1 N–H and O–H groups in total. The lowest BCUT2D eigenvalue weighted by Gasteiger charge is -2.16. The Morgan fingerprint density at radius 1 is 1.41 bits per heavy atom. The molecule has 2 aromatic rings. The molecule has 0 aliphatic heterocycles. The van der Waals surface area contributed by atoms with E-state index >= 15 is 0 Å². The van der Waals surface area contributed by atoms with E-state index < -0.39 is 0 Å². The third kappa shape index (κ3) is 4.33. The molecule has 0 spiro atoms. The van der Waals surface area contributed by atoms with Crippen LogP contribution < -0.4 is 5.32 Å². The Balaban J connectivity index is 1.85. The van der Waals surface area contributed by atoms with Gasteiger partial charge in [0.05, 0.1) is 12.7 Å². The van der Waals surface area contributed by atoms with E-state index in [2.05, 4.69) is 10.4 Å². The summed E-state index contributed by atoms with van der Waals surface area (Å²) in [6, 6.07) is 6.57. The summed E-state index contributed by atoms with van der Waals surface area (Å²) < 4.78 is 1.68. The van der Waals surface area contributed by atoms with Crippen LogP contribution in [0.2, 0.25) is 5.02 Å². The molecule has 2 amide bonds. The number of hydrogen-bond acceptors (Lipinski definition) is 3. The Bertz CT molecular complexity index is 684. The van der Waals surface area contributed by atoms with Crippen LogP contribution in [0.25, 0.3) is 0 Å². The van der Waals surface area contributed by atoms with Crippen molar-refractivity contribution in [3.63, 3.8) is 0 Å². The zero-order valence-electron chi connectivity index (χ0n) is 12.4. The monoisotopic (exact) mass is 320 g/mol. The number of carbonyl (C=O) groups excluding carboxylic acids is 2. The van der Waals surface area contributed by atoms with Crippen molar-refractivity contribution in [1.29, 1.82) is 0 Å². The second-order valence-corrected chi connectivity index (χ2v) is 5.40. The number of likely N-dealkylation sites (N-methyl/N-ethyl adjacent to an activating group) is 1. The highest BCUT2D eigenvalue weighted by molar-refractivity contribution is 6.30. The Hall–Kier alpha value is -2.34. The van der Waals surface area contributed by atoms with Crippen molar-refractivity contribution < 1.29 is 9.59 Å². The summed E-state index contributed by atoms with van der Waals surface area (Å²) in [4.78, 5) is 25.5. The standard InChI is InChI=1S/C15H17ClN4O2/c1-19(9-11-7-18-20(2)10-11)14(21)8-17-15(22)12-4-3-5-13(16)6-12/h3-7,10H,8-9H2,1-2H3,(H,17,22). The van der Waals surface area contributed by atoms with E-state index in [4.69, 9.17) is 11.6 Å². The molecule has 0 aliphatic rings. The fourth-order valence-corrected chi connectivity index (χ4v) is 2.13.